The largest absolute Gasteiger partial charge is 0.343 e. The van der Waals surface area contributed by atoms with Gasteiger partial charge in [-0.2, -0.15) is 0 Å². The highest BCUT2D eigenvalue weighted by atomic mass is 16.2. The number of benzene rings is 3. The van der Waals surface area contributed by atoms with Gasteiger partial charge in [-0.1, -0.05) is 78.9 Å². The average molecular weight is 358 g/mol. The summed E-state index contributed by atoms with van der Waals surface area (Å²) < 4.78 is 0. The van der Waals surface area contributed by atoms with Crippen molar-refractivity contribution in [3.63, 3.8) is 0 Å². The van der Waals surface area contributed by atoms with Crippen LogP contribution in [0.4, 0.5) is 0 Å². The molecule has 0 fully saturated rings. The van der Waals surface area contributed by atoms with Crippen molar-refractivity contribution in [2.45, 2.75) is 13.1 Å². The van der Waals surface area contributed by atoms with Crippen molar-refractivity contribution >= 4 is 11.8 Å². The molecule has 4 nitrogen and oxygen atoms in total. The predicted molar refractivity (Wildman–Crippen MR) is 106 cm³/mol. The minimum atomic E-state index is -0.247. The van der Waals surface area contributed by atoms with Crippen LogP contribution < -0.4 is 5.32 Å². The molecule has 27 heavy (non-hydrogen) atoms. The molecule has 1 N–H and O–H groups in total. The van der Waals surface area contributed by atoms with E-state index in [2.05, 4.69) is 5.32 Å². The molecular weight excluding hydrogens is 336 g/mol. The first-order valence-electron chi connectivity index (χ1n) is 8.91. The molecule has 0 radical (unpaired) electrons. The number of amides is 2. The third-order valence-electron chi connectivity index (χ3n) is 4.22. The van der Waals surface area contributed by atoms with Gasteiger partial charge in [-0.05, 0) is 23.3 Å². The highest BCUT2D eigenvalue weighted by molar-refractivity contribution is 5.96. The Morgan fingerprint density at radius 1 is 0.667 bits per heavy atom. The summed E-state index contributed by atoms with van der Waals surface area (Å²) in [5.41, 5.74) is 2.65. The highest BCUT2D eigenvalue weighted by Crippen LogP contribution is 2.10. The number of carbonyl (C=O) groups excluding carboxylic acids is 2. The fraction of sp³-hybridized carbons (Fsp3) is 0.130. The normalized spacial score (nSPS) is 10.2. The minimum absolute atomic E-state index is 0.0343. The molecule has 0 aliphatic heterocycles. The lowest BCUT2D eigenvalue weighted by Crippen LogP contribution is -2.39. The van der Waals surface area contributed by atoms with Gasteiger partial charge in [0.25, 0.3) is 5.91 Å². The zero-order chi connectivity index (χ0) is 18.9. The molecule has 3 rings (SSSR count). The maximum absolute atomic E-state index is 12.8. The number of rotatable bonds is 7. The van der Waals surface area contributed by atoms with Crippen molar-refractivity contribution in [1.29, 1.82) is 0 Å². The number of hydrogen-bond acceptors (Lipinski definition) is 2. The van der Waals surface area contributed by atoms with Gasteiger partial charge in [-0.25, -0.2) is 0 Å². The maximum Gasteiger partial charge on any atom is 0.251 e. The van der Waals surface area contributed by atoms with Crippen LogP contribution >= 0.6 is 0 Å². The first-order chi connectivity index (χ1) is 13.2. The molecule has 0 spiro atoms. The first kappa shape index (κ1) is 18.4. The van der Waals surface area contributed by atoms with Crippen LogP contribution in [0.15, 0.2) is 91.0 Å². The van der Waals surface area contributed by atoms with Crippen molar-refractivity contribution in [3.05, 3.63) is 108 Å². The molecule has 136 valence electrons. The van der Waals surface area contributed by atoms with Crippen LogP contribution in [0.1, 0.15) is 21.5 Å². The van der Waals surface area contributed by atoms with Crippen LogP contribution in [-0.2, 0) is 17.9 Å². The second-order valence-electron chi connectivity index (χ2n) is 6.27. The predicted octanol–water partition coefficient (Wildman–Crippen LogP) is 3.65. The van der Waals surface area contributed by atoms with Gasteiger partial charge < -0.3 is 10.2 Å². The molecule has 0 saturated carbocycles. The van der Waals surface area contributed by atoms with Gasteiger partial charge in [0.1, 0.15) is 0 Å². The van der Waals surface area contributed by atoms with Crippen LogP contribution in [-0.4, -0.2) is 23.3 Å². The number of nitrogens with one attached hydrogen (secondary N) is 1. The van der Waals surface area contributed by atoms with Gasteiger partial charge in [0, 0.05) is 18.7 Å². The van der Waals surface area contributed by atoms with E-state index in [0.717, 1.165) is 11.1 Å². The van der Waals surface area contributed by atoms with Gasteiger partial charge in [0.2, 0.25) is 5.91 Å². The fourth-order valence-electron chi connectivity index (χ4n) is 2.80. The lowest BCUT2D eigenvalue weighted by molar-refractivity contribution is -0.131. The second-order valence-corrected chi connectivity index (χ2v) is 6.27. The van der Waals surface area contributed by atoms with Crippen molar-refractivity contribution in [3.8, 4) is 0 Å². The average Bonchev–Trinajstić information content (AvgIpc) is 2.73. The van der Waals surface area contributed by atoms with E-state index >= 15 is 0 Å². The summed E-state index contributed by atoms with van der Waals surface area (Å²) in [6, 6.07) is 28.6. The summed E-state index contributed by atoms with van der Waals surface area (Å²) in [6.07, 6.45) is 0. The van der Waals surface area contributed by atoms with E-state index in [1.54, 1.807) is 29.2 Å². The Bertz CT molecular complexity index is 823. The van der Waals surface area contributed by atoms with Crippen molar-refractivity contribution < 1.29 is 9.59 Å². The Labute approximate surface area is 159 Å². The van der Waals surface area contributed by atoms with Crippen molar-refractivity contribution in [2.75, 3.05) is 6.54 Å². The molecule has 0 saturated heterocycles. The van der Waals surface area contributed by atoms with E-state index in [9.17, 15) is 9.59 Å². The number of hydrogen-bond donors (Lipinski definition) is 1. The summed E-state index contributed by atoms with van der Waals surface area (Å²) >= 11 is 0. The molecule has 4 heteroatoms. The van der Waals surface area contributed by atoms with Crippen molar-refractivity contribution in [2.24, 2.45) is 0 Å². The Morgan fingerprint density at radius 2 is 1.11 bits per heavy atom. The SMILES string of the molecule is O=C(NCC(=O)N(Cc1ccccc1)Cc1ccccc1)c1ccccc1. The molecule has 3 aromatic carbocycles. The molecule has 0 heterocycles. The van der Waals surface area contributed by atoms with Crippen LogP contribution in [0, 0.1) is 0 Å². The topological polar surface area (TPSA) is 49.4 Å². The third kappa shape index (κ3) is 5.54. The standard InChI is InChI=1S/C23H22N2O2/c26-22(16-24-23(27)21-14-8-3-9-15-21)25(17-19-10-4-1-5-11-19)18-20-12-6-2-7-13-20/h1-15H,16-18H2,(H,24,27). The molecule has 0 aliphatic carbocycles. The smallest absolute Gasteiger partial charge is 0.251 e. The summed E-state index contributed by atoms with van der Waals surface area (Å²) in [5.74, 6) is -0.365. The van der Waals surface area contributed by atoms with E-state index in [-0.39, 0.29) is 18.4 Å². The minimum Gasteiger partial charge on any atom is -0.343 e. The van der Waals surface area contributed by atoms with Crippen LogP contribution in [0.3, 0.4) is 0 Å². The molecule has 0 aliphatic rings. The molecule has 0 unspecified atom stereocenters. The molecule has 2 amide bonds. The molecule has 3 aromatic rings. The van der Waals surface area contributed by atoms with Crippen LogP contribution in [0.25, 0.3) is 0 Å². The highest BCUT2D eigenvalue weighted by Gasteiger charge is 2.16. The number of nitrogens with zero attached hydrogens (tertiary/aromatic N) is 1. The Morgan fingerprint density at radius 3 is 1.59 bits per heavy atom. The van der Waals surface area contributed by atoms with Gasteiger partial charge in [-0.15, -0.1) is 0 Å². The summed E-state index contributed by atoms with van der Waals surface area (Å²) in [4.78, 5) is 26.8. The molecule has 0 bridgehead atoms. The van der Waals surface area contributed by atoms with E-state index in [1.165, 1.54) is 0 Å². The van der Waals surface area contributed by atoms with Gasteiger partial charge in [0.05, 0.1) is 6.54 Å². The van der Waals surface area contributed by atoms with Crippen LogP contribution in [0.5, 0.6) is 0 Å². The summed E-state index contributed by atoms with van der Waals surface area (Å²) in [5, 5.41) is 2.72. The van der Waals surface area contributed by atoms with E-state index in [4.69, 9.17) is 0 Å². The van der Waals surface area contributed by atoms with Gasteiger partial charge in [0.15, 0.2) is 0 Å². The third-order valence-corrected chi connectivity index (χ3v) is 4.22. The first-order valence-corrected chi connectivity index (χ1v) is 8.91. The summed E-state index contributed by atoms with van der Waals surface area (Å²) in [7, 11) is 0. The van der Waals surface area contributed by atoms with E-state index in [0.29, 0.717) is 18.7 Å². The Hall–Kier alpha value is -3.40. The maximum atomic E-state index is 12.8. The molecule has 0 aromatic heterocycles. The van der Waals surface area contributed by atoms with E-state index in [1.807, 2.05) is 66.7 Å². The summed E-state index contributed by atoms with van der Waals surface area (Å²) in [6.45, 7) is 0.957. The van der Waals surface area contributed by atoms with E-state index < -0.39 is 0 Å². The Balaban J connectivity index is 1.67. The van der Waals surface area contributed by atoms with Gasteiger partial charge in [-0.3, -0.25) is 9.59 Å². The van der Waals surface area contributed by atoms with Crippen LogP contribution in [0.2, 0.25) is 0 Å². The zero-order valence-corrected chi connectivity index (χ0v) is 15.0. The quantitative estimate of drug-likeness (QED) is 0.701. The fourth-order valence-corrected chi connectivity index (χ4v) is 2.80. The Kier molecular flexibility index (Phi) is 6.36. The van der Waals surface area contributed by atoms with Gasteiger partial charge >= 0.3 is 0 Å². The molecule has 0 atom stereocenters. The lowest BCUT2D eigenvalue weighted by atomic mass is 10.1. The van der Waals surface area contributed by atoms with Crippen molar-refractivity contribution in [1.82, 2.24) is 10.2 Å². The zero-order valence-electron chi connectivity index (χ0n) is 15.0. The second kappa shape index (κ2) is 9.34. The molecular formula is C23H22N2O2. The monoisotopic (exact) mass is 358 g/mol. The lowest BCUT2D eigenvalue weighted by Gasteiger charge is -2.23. The number of carbonyl (C=O) groups is 2.